The van der Waals surface area contributed by atoms with E-state index in [4.69, 9.17) is 0 Å². The van der Waals surface area contributed by atoms with Crippen LogP contribution < -0.4 is 0 Å². The van der Waals surface area contributed by atoms with Crippen LogP contribution in [0, 0.1) is 5.21 Å². The highest BCUT2D eigenvalue weighted by molar-refractivity contribution is 7.91. The van der Waals surface area contributed by atoms with E-state index in [1.165, 1.54) is 27.9 Å². The van der Waals surface area contributed by atoms with Crippen LogP contribution in [0.15, 0.2) is 0 Å². The van der Waals surface area contributed by atoms with Gasteiger partial charge in [-0.05, 0) is 33.1 Å². The lowest BCUT2D eigenvalue weighted by atomic mass is 10.1. The third-order valence-electron chi connectivity index (χ3n) is 2.41. The zero-order valence-electron chi connectivity index (χ0n) is 11.2. The van der Waals surface area contributed by atoms with Crippen molar-refractivity contribution in [3.63, 3.8) is 0 Å². The van der Waals surface area contributed by atoms with Crippen molar-refractivity contribution in [3.8, 4) is 0 Å². The summed E-state index contributed by atoms with van der Waals surface area (Å²) in [5.41, 5.74) is -1.44. The summed E-state index contributed by atoms with van der Waals surface area (Å²) < 4.78 is 35.9. The van der Waals surface area contributed by atoms with Crippen molar-refractivity contribution in [2.45, 2.75) is 38.8 Å². The lowest BCUT2D eigenvalue weighted by Gasteiger charge is -2.33. The minimum absolute atomic E-state index is 0.0262. The van der Waals surface area contributed by atoms with Crippen LogP contribution in [0.2, 0.25) is 0 Å². The van der Waals surface area contributed by atoms with Crippen molar-refractivity contribution >= 4 is 9.84 Å². The van der Waals surface area contributed by atoms with Gasteiger partial charge in [-0.1, -0.05) is 0 Å². The molecule has 4 nitrogen and oxygen atoms in total. The number of rotatable bonds is 8. The summed E-state index contributed by atoms with van der Waals surface area (Å²) in [7, 11) is -0.126. The summed E-state index contributed by atoms with van der Waals surface area (Å²) in [5.74, 6) is -0.0742. The largest absolute Gasteiger partial charge is 0.633 e. The van der Waals surface area contributed by atoms with E-state index in [2.05, 4.69) is 0 Å². The van der Waals surface area contributed by atoms with Crippen molar-refractivity contribution in [1.82, 2.24) is 0 Å². The van der Waals surface area contributed by atoms with Gasteiger partial charge in [0.25, 0.3) is 0 Å². The summed E-state index contributed by atoms with van der Waals surface area (Å²) in [6.07, 6.45) is 1.08. The van der Waals surface area contributed by atoms with Gasteiger partial charge in [0.2, 0.25) is 0 Å². The van der Waals surface area contributed by atoms with E-state index in [9.17, 15) is 18.0 Å². The number of halogens is 1. The average molecular weight is 269 g/mol. The molecule has 0 atom stereocenters. The molecule has 6 heteroatoms. The summed E-state index contributed by atoms with van der Waals surface area (Å²) in [4.78, 5) is 0. The second-order valence-corrected chi connectivity index (χ2v) is 7.93. The Morgan fingerprint density at radius 1 is 1.18 bits per heavy atom. The van der Waals surface area contributed by atoms with Crippen LogP contribution in [-0.4, -0.2) is 50.9 Å². The molecule has 0 rings (SSSR count). The van der Waals surface area contributed by atoms with Crippen molar-refractivity contribution in [1.29, 1.82) is 0 Å². The van der Waals surface area contributed by atoms with E-state index >= 15 is 0 Å². The highest BCUT2D eigenvalue weighted by atomic mass is 32.2. The van der Waals surface area contributed by atoms with Gasteiger partial charge in [-0.2, -0.15) is 0 Å². The minimum atomic E-state index is -3.18. The molecule has 0 saturated heterocycles. The van der Waals surface area contributed by atoms with Crippen molar-refractivity contribution in [2.24, 2.45) is 0 Å². The minimum Gasteiger partial charge on any atom is -0.633 e. The lowest BCUT2D eigenvalue weighted by molar-refractivity contribution is -0.840. The highest BCUT2D eigenvalue weighted by Crippen LogP contribution is 2.15. The maximum atomic E-state index is 13.2. The van der Waals surface area contributed by atoms with Crippen LogP contribution in [0.25, 0.3) is 0 Å². The number of hydrogen-bond acceptors (Lipinski definition) is 3. The summed E-state index contributed by atoms with van der Waals surface area (Å²) in [6, 6.07) is 0. The second kappa shape index (κ2) is 6.11. The van der Waals surface area contributed by atoms with Crippen molar-refractivity contribution in [2.75, 3.05) is 32.1 Å². The maximum absolute atomic E-state index is 13.2. The maximum Gasteiger partial charge on any atom is 0.150 e. The quantitative estimate of drug-likeness (QED) is 0.384. The number of quaternary nitrogens is 1. The van der Waals surface area contributed by atoms with E-state index in [-0.39, 0.29) is 17.9 Å². The van der Waals surface area contributed by atoms with Gasteiger partial charge in [0.1, 0.15) is 15.5 Å². The van der Waals surface area contributed by atoms with Crippen LogP contribution >= 0.6 is 0 Å². The fourth-order valence-corrected chi connectivity index (χ4v) is 2.96. The van der Waals surface area contributed by atoms with Crippen LogP contribution in [0.4, 0.5) is 4.39 Å². The van der Waals surface area contributed by atoms with Crippen molar-refractivity contribution in [3.05, 3.63) is 5.21 Å². The van der Waals surface area contributed by atoms with E-state index < -0.39 is 20.2 Å². The summed E-state index contributed by atoms with van der Waals surface area (Å²) >= 11 is 0. The van der Waals surface area contributed by atoms with Gasteiger partial charge in [0.05, 0.1) is 32.1 Å². The molecular formula is C11H24FNO3S. The van der Waals surface area contributed by atoms with Gasteiger partial charge in [-0.25, -0.2) is 12.8 Å². The molecule has 0 aliphatic rings. The van der Waals surface area contributed by atoms with Gasteiger partial charge in [-0.3, -0.25) is 0 Å². The fourth-order valence-electron chi connectivity index (χ4n) is 1.31. The molecule has 17 heavy (non-hydrogen) atoms. The molecule has 0 heterocycles. The average Bonchev–Trinajstić information content (AvgIpc) is 2.07. The normalized spacial score (nSPS) is 14.0. The Bertz CT molecular complexity index is 315. The zero-order chi connectivity index (χ0) is 13.7. The molecule has 0 radical (unpaired) electrons. The molecule has 0 aromatic carbocycles. The molecular weight excluding hydrogens is 245 g/mol. The first-order valence-electron chi connectivity index (χ1n) is 5.85. The number of hydrogen-bond donors (Lipinski definition) is 0. The van der Waals surface area contributed by atoms with Crippen LogP contribution in [0.5, 0.6) is 0 Å². The number of unbranched alkanes of at least 4 members (excludes halogenated alkanes) is 1. The van der Waals surface area contributed by atoms with Crippen LogP contribution in [0.3, 0.4) is 0 Å². The Hall–Kier alpha value is -0.200. The first kappa shape index (κ1) is 16.8. The number of nitrogens with zero attached hydrogens (tertiary/aromatic N) is 1. The molecule has 0 aromatic heterocycles. The molecule has 0 unspecified atom stereocenters. The monoisotopic (exact) mass is 269 g/mol. The molecule has 0 saturated carbocycles. The molecule has 0 bridgehead atoms. The number of alkyl halides is 1. The zero-order valence-corrected chi connectivity index (χ0v) is 12.0. The highest BCUT2D eigenvalue weighted by Gasteiger charge is 2.20. The van der Waals surface area contributed by atoms with Gasteiger partial charge in [-0.15, -0.1) is 0 Å². The standard InChI is InChI=1S/C11H24FNO3S/c1-11(2,12)7-10-17(15,16)9-6-5-8-13(3,4)14/h5-10H2,1-4H3. The summed E-state index contributed by atoms with van der Waals surface area (Å²) in [6.45, 7) is 3.16. The molecule has 0 aliphatic carbocycles. The van der Waals surface area contributed by atoms with Gasteiger partial charge >= 0.3 is 0 Å². The predicted octanol–water partition coefficient (Wildman–Crippen LogP) is 1.89. The van der Waals surface area contributed by atoms with Crippen molar-refractivity contribution < 1.29 is 17.5 Å². The van der Waals surface area contributed by atoms with Crippen LogP contribution in [0.1, 0.15) is 33.1 Å². The smallest absolute Gasteiger partial charge is 0.150 e. The molecule has 0 amide bonds. The Morgan fingerprint density at radius 3 is 2.12 bits per heavy atom. The Labute approximate surface area is 104 Å². The van der Waals surface area contributed by atoms with E-state index in [1.54, 1.807) is 0 Å². The molecule has 0 aromatic rings. The van der Waals surface area contributed by atoms with E-state index in [0.717, 1.165) is 0 Å². The fraction of sp³-hybridized carbons (Fsp3) is 1.00. The van der Waals surface area contributed by atoms with E-state index in [1.807, 2.05) is 0 Å². The first-order chi connectivity index (χ1) is 7.41. The third-order valence-corrected chi connectivity index (χ3v) is 4.15. The van der Waals surface area contributed by atoms with Gasteiger partial charge < -0.3 is 9.85 Å². The van der Waals surface area contributed by atoms with Gasteiger partial charge in [0, 0.05) is 0 Å². The molecule has 104 valence electrons. The van der Waals surface area contributed by atoms with Crippen LogP contribution in [-0.2, 0) is 9.84 Å². The third kappa shape index (κ3) is 12.1. The number of hydroxylamine groups is 3. The van der Waals surface area contributed by atoms with Gasteiger partial charge in [0.15, 0.2) is 0 Å². The molecule has 0 N–H and O–H groups in total. The Kier molecular flexibility index (Phi) is 6.04. The summed E-state index contributed by atoms with van der Waals surface area (Å²) in [5, 5.41) is 11.2. The predicted molar refractivity (Wildman–Crippen MR) is 68.0 cm³/mol. The number of sulfone groups is 1. The molecule has 0 spiro atoms. The molecule has 0 aliphatic heterocycles. The first-order valence-corrected chi connectivity index (χ1v) is 7.67. The molecule has 0 fully saturated rings. The Morgan fingerprint density at radius 2 is 1.71 bits per heavy atom. The lowest BCUT2D eigenvalue weighted by Crippen LogP contribution is -2.33. The topological polar surface area (TPSA) is 57.2 Å². The van der Waals surface area contributed by atoms with E-state index in [0.29, 0.717) is 19.4 Å². The SMILES string of the molecule is CC(C)(F)CCS(=O)(=O)CCCC[N+](C)(C)[O-]. The second-order valence-electron chi connectivity index (χ2n) is 5.63. The Balaban J connectivity index is 3.88.